The highest BCUT2D eigenvalue weighted by Gasteiger charge is 2.35. The molecule has 0 aliphatic heterocycles. The Morgan fingerprint density at radius 2 is 2.50 bits per heavy atom. The molecule has 6 heteroatoms. The molecule has 1 aromatic heterocycles. The van der Waals surface area contributed by atoms with E-state index in [4.69, 9.17) is 14.5 Å². The van der Waals surface area contributed by atoms with Crippen LogP contribution in [0, 0.1) is 17.2 Å². The third-order valence-corrected chi connectivity index (χ3v) is 3.22. The monoisotopic (exact) mass is 239 g/mol. The van der Waals surface area contributed by atoms with Gasteiger partial charge in [0, 0.05) is 7.11 Å². The summed E-state index contributed by atoms with van der Waals surface area (Å²) in [7, 11) is 1.67. The summed E-state index contributed by atoms with van der Waals surface area (Å²) in [4.78, 5) is 4.28. The van der Waals surface area contributed by atoms with Gasteiger partial charge in [-0.25, -0.2) is 0 Å². The van der Waals surface area contributed by atoms with Crippen LogP contribution in [-0.2, 0) is 10.5 Å². The lowest BCUT2D eigenvalue weighted by Crippen LogP contribution is -2.05. The van der Waals surface area contributed by atoms with E-state index in [0.29, 0.717) is 29.1 Å². The highest BCUT2D eigenvalue weighted by molar-refractivity contribution is 7.98. The fraction of sp³-hybridized carbons (Fsp3) is 0.700. The molecule has 1 saturated carbocycles. The Bertz CT molecular complexity index is 384. The predicted molar refractivity (Wildman–Crippen MR) is 58.5 cm³/mol. The van der Waals surface area contributed by atoms with Gasteiger partial charge in [0.15, 0.2) is 0 Å². The molecule has 1 heterocycles. The number of aromatic nitrogens is 2. The van der Waals surface area contributed by atoms with Gasteiger partial charge in [-0.05, 0) is 18.8 Å². The van der Waals surface area contributed by atoms with Crippen molar-refractivity contribution in [3.63, 3.8) is 0 Å². The maximum atomic E-state index is 8.40. The fourth-order valence-corrected chi connectivity index (χ4v) is 2.02. The first kappa shape index (κ1) is 11.4. The molecule has 16 heavy (non-hydrogen) atoms. The number of hydrogen-bond acceptors (Lipinski definition) is 6. The van der Waals surface area contributed by atoms with Crippen LogP contribution in [0.3, 0.4) is 0 Å². The van der Waals surface area contributed by atoms with Crippen LogP contribution in [0.5, 0.6) is 0 Å². The second-order valence-corrected chi connectivity index (χ2v) is 4.68. The van der Waals surface area contributed by atoms with Crippen molar-refractivity contribution >= 4 is 11.8 Å². The number of ether oxygens (including phenoxy) is 1. The lowest BCUT2D eigenvalue weighted by molar-refractivity contribution is 0.0751. The lowest BCUT2D eigenvalue weighted by atomic mass is 10.2. The molecule has 0 radical (unpaired) electrons. The Morgan fingerprint density at radius 3 is 3.12 bits per heavy atom. The summed E-state index contributed by atoms with van der Waals surface area (Å²) in [5.41, 5.74) is 0. The zero-order valence-electron chi connectivity index (χ0n) is 9.05. The molecular formula is C10H13N3O2S. The van der Waals surface area contributed by atoms with Crippen LogP contribution < -0.4 is 0 Å². The summed E-state index contributed by atoms with van der Waals surface area (Å²) >= 11 is 1.46. The van der Waals surface area contributed by atoms with Crippen molar-refractivity contribution in [2.45, 2.75) is 24.7 Å². The number of nitriles is 1. The standard InChI is InChI=1S/C10H13N3O2S/c1-14-9(7-2-3-7)10-12-8(15-13-10)6-16-5-4-11/h7,9H,2-3,5-6H2,1H3. The van der Waals surface area contributed by atoms with Crippen LogP contribution in [0.15, 0.2) is 4.52 Å². The molecule has 86 valence electrons. The third kappa shape index (κ3) is 2.74. The van der Waals surface area contributed by atoms with Gasteiger partial charge >= 0.3 is 0 Å². The molecule has 1 aliphatic rings. The van der Waals surface area contributed by atoms with E-state index in [-0.39, 0.29) is 6.10 Å². The number of hydrogen-bond donors (Lipinski definition) is 0. The van der Waals surface area contributed by atoms with Crippen LogP contribution in [0.2, 0.25) is 0 Å². The highest BCUT2D eigenvalue weighted by atomic mass is 32.2. The Balaban J connectivity index is 1.93. The van der Waals surface area contributed by atoms with Crippen LogP contribution in [0.4, 0.5) is 0 Å². The summed E-state index contributed by atoms with van der Waals surface area (Å²) in [5, 5.41) is 12.3. The molecule has 0 bridgehead atoms. The fourth-order valence-electron chi connectivity index (χ4n) is 1.53. The van der Waals surface area contributed by atoms with Crippen molar-refractivity contribution in [3.05, 3.63) is 11.7 Å². The maximum absolute atomic E-state index is 8.40. The van der Waals surface area contributed by atoms with Gasteiger partial charge in [0.1, 0.15) is 6.10 Å². The average Bonchev–Trinajstić information content (AvgIpc) is 3.01. The molecule has 0 aromatic carbocycles. The van der Waals surface area contributed by atoms with Gasteiger partial charge in [0.2, 0.25) is 11.7 Å². The van der Waals surface area contributed by atoms with Gasteiger partial charge in [0.05, 0.1) is 17.6 Å². The first-order valence-electron chi connectivity index (χ1n) is 5.15. The highest BCUT2D eigenvalue weighted by Crippen LogP contribution is 2.41. The Labute approximate surface area is 98.2 Å². The van der Waals surface area contributed by atoms with Gasteiger partial charge in [-0.3, -0.25) is 0 Å². The van der Waals surface area contributed by atoms with E-state index < -0.39 is 0 Å². The van der Waals surface area contributed by atoms with Crippen molar-refractivity contribution in [2.75, 3.05) is 12.9 Å². The topological polar surface area (TPSA) is 71.9 Å². The largest absolute Gasteiger partial charge is 0.373 e. The molecule has 1 aliphatic carbocycles. The lowest BCUT2D eigenvalue weighted by Gasteiger charge is -2.07. The minimum Gasteiger partial charge on any atom is -0.373 e. The van der Waals surface area contributed by atoms with E-state index in [9.17, 15) is 0 Å². The van der Waals surface area contributed by atoms with Crippen molar-refractivity contribution in [1.29, 1.82) is 5.26 Å². The molecule has 1 aromatic rings. The quantitative estimate of drug-likeness (QED) is 0.706. The SMILES string of the molecule is COC(c1noc(CSCC#N)n1)C1CC1. The molecule has 0 spiro atoms. The minimum absolute atomic E-state index is 0.0292. The first-order chi connectivity index (χ1) is 7.85. The second kappa shape index (κ2) is 5.32. The van der Waals surface area contributed by atoms with E-state index in [1.165, 1.54) is 24.6 Å². The van der Waals surface area contributed by atoms with Gasteiger partial charge in [-0.1, -0.05) is 5.16 Å². The molecule has 1 unspecified atom stereocenters. The summed E-state index contributed by atoms with van der Waals surface area (Å²) in [6.07, 6.45) is 2.32. The number of rotatable bonds is 6. The molecule has 0 amide bonds. The molecular weight excluding hydrogens is 226 g/mol. The van der Waals surface area contributed by atoms with Gasteiger partial charge < -0.3 is 9.26 Å². The summed E-state index contributed by atoms with van der Waals surface area (Å²) < 4.78 is 10.5. The molecule has 0 saturated heterocycles. The van der Waals surface area contributed by atoms with Crippen molar-refractivity contribution in [3.8, 4) is 6.07 Å². The zero-order valence-corrected chi connectivity index (χ0v) is 9.87. The number of nitrogens with zero attached hydrogens (tertiary/aromatic N) is 3. The smallest absolute Gasteiger partial charge is 0.236 e. The Kier molecular flexibility index (Phi) is 3.80. The Morgan fingerprint density at radius 1 is 1.69 bits per heavy atom. The van der Waals surface area contributed by atoms with Crippen molar-refractivity contribution in [2.24, 2.45) is 5.92 Å². The average molecular weight is 239 g/mol. The van der Waals surface area contributed by atoms with E-state index in [1.807, 2.05) is 0 Å². The van der Waals surface area contributed by atoms with E-state index in [0.717, 1.165) is 0 Å². The van der Waals surface area contributed by atoms with Crippen LogP contribution in [-0.4, -0.2) is 23.0 Å². The number of thioether (sulfide) groups is 1. The molecule has 2 rings (SSSR count). The summed E-state index contributed by atoms with van der Waals surface area (Å²) in [5.74, 6) is 2.77. The molecule has 1 atom stereocenters. The third-order valence-electron chi connectivity index (χ3n) is 2.43. The van der Waals surface area contributed by atoms with Crippen LogP contribution in [0.1, 0.15) is 30.7 Å². The molecule has 5 nitrogen and oxygen atoms in total. The van der Waals surface area contributed by atoms with E-state index >= 15 is 0 Å². The van der Waals surface area contributed by atoms with E-state index in [2.05, 4.69) is 16.2 Å². The first-order valence-corrected chi connectivity index (χ1v) is 6.30. The van der Waals surface area contributed by atoms with Gasteiger partial charge in [-0.15, -0.1) is 11.8 Å². The van der Waals surface area contributed by atoms with Crippen molar-refractivity contribution < 1.29 is 9.26 Å². The normalized spacial score (nSPS) is 17.0. The zero-order chi connectivity index (χ0) is 11.4. The maximum Gasteiger partial charge on any atom is 0.236 e. The van der Waals surface area contributed by atoms with Crippen molar-refractivity contribution in [1.82, 2.24) is 10.1 Å². The van der Waals surface area contributed by atoms with Crippen LogP contribution >= 0.6 is 11.8 Å². The second-order valence-electron chi connectivity index (χ2n) is 3.69. The Hall–Kier alpha value is -1.06. The van der Waals surface area contributed by atoms with Gasteiger partial charge in [-0.2, -0.15) is 10.2 Å². The number of methoxy groups -OCH3 is 1. The van der Waals surface area contributed by atoms with Crippen LogP contribution in [0.25, 0.3) is 0 Å². The summed E-state index contributed by atoms with van der Waals surface area (Å²) in [6, 6.07) is 2.06. The minimum atomic E-state index is -0.0292. The summed E-state index contributed by atoms with van der Waals surface area (Å²) in [6.45, 7) is 0. The van der Waals surface area contributed by atoms with E-state index in [1.54, 1.807) is 7.11 Å². The predicted octanol–water partition coefficient (Wildman–Crippen LogP) is 1.92. The molecule has 1 fully saturated rings. The molecule has 0 N–H and O–H groups in total. The van der Waals surface area contributed by atoms with Gasteiger partial charge in [0.25, 0.3) is 0 Å².